The summed E-state index contributed by atoms with van der Waals surface area (Å²) < 4.78 is 2.27. The number of aryl methyl sites for hydroxylation is 2. The van der Waals surface area contributed by atoms with Crippen LogP contribution in [0.2, 0.25) is 0 Å². The molecule has 0 spiro atoms. The molecule has 104 valence electrons. The number of halogens is 1. The van der Waals surface area contributed by atoms with E-state index in [1.807, 2.05) is 11.6 Å². The third kappa shape index (κ3) is 2.23. The van der Waals surface area contributed by atoms with E-state index in [1.54, 1.807) is 11.3 Å². The van der Waals surface area contributed by atoms with Crippen LogP contribution in [-0.2, 0) is 6.42 Å². The van der Waals surface area contributed by atoms with Crippen LogP contribution in [0.1, 0.15) is 29.4 Å². The summed E-state index contributed by atoms with van der Waals surface area (Å²) >= 11 is 7.61. The van der Waals surface area contributed by atoms with Crippen LogP contribution in [0.3, 0.4) is 0 Å². The molecular weight excluding hydrogens is 290 g/mol. The number of para-hydroxylation sites is 1. The first kappa shape index (κ1) is 13.6. The summed E-state index contributed by atoms with van der Waals surface area (Å²) in [6.45, 7) is 4.26. The lowest BCUT2D eigenvalue weighted by atomic mass is 10.2. The maximum atomic E-state index is 5.94. The van der Waals surface area contributed by atoms with Gasteiger partial charge in [-0.05, 0) is 25.5 Å². The second kappa shape index (κ2) is 5.54. The summed E-state index contributed by atoms with van der Waals surface area (Å²) in [5, 5.41) is 3.11. The Kier molecular flexibility index (Phi) is 3.76. The van der Waals surface area contributed by atoms with Crippen molar-refractivity contribution < 1.29 is 0 Å². The molecule has 0 N–H and O–H groups in total. The van der Waals surface area contributed by atoms with Gasteiger partial charge in [-0.15, -0.1) is 22.9 Å². The van der Waals surface area contributed by atoms with E-state index in [1.165, 1.54) is 5.56 Å². The number of thiazole rings is 1. The lowest BCUT2D eigenvalue weighted by Gasteiger charge is -2.15. The number of fused-ring (bicyclic) bond motifs is 1. The Labute approximate surface area is 127 Å². The van der Waals surface area contributed by atoms with Gasteiger partial charge in [-0.1, -0.05) is 12.1 Å². The Hall–Kier alpha value is -1.39. The summed E-state index contributed by atoms with van der Waals surface area (Å²) in [6.07, 6.45) is 2.62. The Morgan fingerprint density at radius 2 is 2.25 bits per heavy atom. The third-order valence-electron chi connectivity index (χ3n) is 3.51. The van der Waals surface area contributed by atoms with Crippen LogP contribution in [0, 0.1) is 6.92 Å². The van der Waals surface area contributed by atoms with Gasteiger partial charge in [-0.3, -0.25) is 0 Å². The molecule has 2 aromatic heterocycles. The zero-order valence-corrected chi connectivity index (χ0v) is 13.1. The van der Waals surface area contributed by atoms with Gasteiger partial charge in [0.15, 0.2) is 0 Å². The molecule has 0 saturated heterocycles. The molecule has 1 unspecified atom stereocenters. The molecule has 0 fully saturated rings. The number of hydrogen-bond acceptors (Lipinski definition) is 3. The van der Waals surface area contributed by atoms with Crippen molar-refractivity contribution in [3.63, 3.8) is 0 Å². The molecular formula is C15H16ClN3S. The van der Waals surface area contributed by atoms with Crippen molar-refractivity contribution in [1.82, 2.24) is 14.5 Å². The lowest BCUT2D eigenvalue weighted by Crippen LogP contribution is -2.11. The predicted octanol–water partition coefficient (Wildman–Crippen LogP) is 4.19. The molecule has 20 heavy (non-hydrogen) atoms. The van der Waals surface area contributed by atoms with Crippen LogP contribution >= 0.6 is 22.9 Å². The van der Waals surface area contributed by atoms with E-state index in [0.29, 0.717) is 5.88 Å². The fourth-order valence-electron chi connectivity index (χ4n) is 2.55. The molecule has 0 saturated carbocycles. The monoisotopic (exact) mass is 305 g/mol. The fourth-order valence-corrected chi connectivity index (χ4v) is 3.40. The third-order valence-corrected chi connectivity index (χ3v) is 4.64. The molecule has 0 aliphatic heterocycles. The number of hydrogen-bond donors (Lipinski definition) is 0. The van der Waals surface area contributed by atoms with Crippen molar-refractivity contribution in [2.24, 2.45) is 0 Å². The second-order valence-corrected chi connectivity index (χ2v) is 6.13. The van der Waals surface area contributed by atoms with E-state index in [2.05, 4.69) is 41.6 Å². The molecule has 0 bridgehead atoms. The fraction of sp³-hybridized carbons (Fsp3) is 0.333. The normalized spacial score (nSPS) is 12.9. The van der Waals surface area contributed by atoms with Gasteiger partial charge in [0.1, 0.15) is 10.8 Å². The van der Waals surface area contributed by atoms with Crippen molar-refractivity contribution in [2.45, 2.75) is 26.3 Å². The second-order valence-electron chi connectivity index (χ2n) is 4.83. The van der Waals surface area contributed by atoms with Crippen molar-refractivity contribution in [1.29, 1.82) is 0 Å². The molecule has 0 radical (unpaired) electrons. The Bertz CT molecular complexity index is 718. The predicted molar refractivity (Wildman–Crippen MR) is 84.8 cm³/mol. The average Bonchev–Trinajstić information content (AvgIpc) is 3.06. The van der Waals surface area contributed by atoms with Crippen LogP contribution in [0.15, 0.2) is 29.8 Å². The molecule has 3 nitrogen and oxygen atoms in total. The van der Waals surface area contributed by atoms with Gasteiger partial charge in [0, 0.05) is 23.9 Å². The molecule has 1 atom stereocenters. The summed E-state index contributed by atoms with van der Waals surface area (Å²) in [4.78, 5) is 9.23. The van der Waals surface area contributed by atoms with Gasteiger partial charge in [-0.2, -0.15) is 0 Å². The Balaban J connectivity index is 2.21. The highest BCUT2D eigenvalue weighted by Gasteiger charge is 2.19. The van der Waals surface area contributed by atoms with Crippen molar-refractivity contribution in [3.05, 3.63) is 46.2 Å². The molecule has 2 heterocycles. The molecule has 0 aliphatic carbocycles. The average molecular weight is 306 g/mol. The summed E-state index contributed by atoms with van der Waals surface area (Å²) in [6, 6.07) is 6.48. The van der Waals surface area contributed by atoms with Crippen LogP contribution in [-0.4, -0.2) is 20.4 Å². The number of aromatic nitrogens is 3. The van der Waals surface area contributed by atoms with Gasteiger partial charge < -0.3 is 4.57 Å². The zero-order valence-electron chi connectivity index (χ0n) is 11.5. The minimum Gasteiger partial charge on any atom is -0.318 e. The number of nitrogens with zero attached hydrogens (tertiary/aromatic N) is 3. The number of alkyl halides is 1. The van der Waals surface area contributed by atoms with Gasteiger partial charge in [0.05, 0.1) is 17.1 Å². The maximum absolute atomic E-state index is 5.94. The van der Waals surface area contributed by atoms with Crippen LogP contribution in [0.5, 0.6) is 0 Å². The first-order chi connectivity index (χ1) is 9.72. The van der Waals surface area contributed by atoms with E-state index >= 15 is 0 Å². The first-order valence-corrected chi connectivity index (χ1v) is 8.05. The SMILES string of the molecule is Cc1cccc2c1nc(CCCl)n2C(C)c1nccs1. The molecule has 0 amide bonds. The molecule has 3 rings (SSSR count). The molecule has 0 aliphatic rings. The van der Waals surface area contributed by atoms with Crippen LogP contribution < -0.4 is 0 Å². The maximum Gasteiger partial charge on any atom is 0.115 e. The highest BCUT2D eigenvalue weighted by atomic mass is 35.5. The van der Waals surface area contributed by atoms with E-state index < -0.39 is 0 Å². The largest absolute Gasteiger partial charge is 0.318 e. The quantitative estimate of drug-likeness (QED) is 0.677. The Morgan fingerprint density at radius 1 is 1.40 bits per heavy atom. The van der Waals surface area contributed by atoms with Gasteiger partial charge in [-0.25, -0.2) is 9.97 Å². The van der Waals surface area contributed by atoms with E-state index in [0.717, 1.165) is 28.3 Å². The van der Waals surface area contributed by atoms with E-state index in [4.69, 9.17) is 16.6 Å². The summed E-state index contributed by atoms with van der Waals surface area (Å²) in [5.41, 5.74) is 3.42. The molecule has 5 heteroatoms. The summed E-state index contributed by atoms with van der Waals surface area (Å²) in [7, 11) is 0. The van der Waals surface area contributed by atoms with Crippen molar-refractivity contribution in [2.75, 3.05) is 5.88 Å². The summed E-state index contributed by atoms with van der Waals surface area (Å²) in [5.74, 6) is 1.61. The Morgan fingerprint density at radius 3 is 2.95 bits per heavy atom. The minimum absolute atomic E-state index is 0.181. The lowest BCUT2D eigenvalue weighted by molar-refractivity contribution is 0.620. The topological polar surface area (TPSA) is 30.7 Å². The van der Waals surface area contributed by atoms with E-state index in [9.17, 15) is 0 Å². The zero-order chi connectivity index (χ0) is 14.1. The van der Waals surface area contributed by atoms with Crippen molar-refractivity contribution >= 4 is 34.0 Å². The van der Waals surface area contributed by atoms with Crippen LogP contribution in [0.4, 0.5) is 0 Å². The number of rotatable bonds is 4. The molecule has 1 aromatic carbocycles. The highest BCUT2D eigenvalue weighted by molar-refractivity contribution is 7.09. The number of imidazole rings is 1. The minimum atomic E-state index is 0.181. The smallest absolute Gasteiger partial charge is 0.115 e. The van der Waals surface area contributed by atoms with E-state index in [-0.39, 0.29) is 6.04 Å². The van der Waals surface area contributed by atoms with Crippen LogP contribution in [0.25, 0.3) is 11.0 Å². The van der Waals surface area contributed by atoms with Gasteiger partial charge >= 0.3 is 0 Å². The highest BCUT2D eigenvalue weighted by Crippen LogP contribution is 2.28. The van der Waals surface area contributed by atoms with Gasteiger partial charge in [0.25, 0.3) is 0 Å². The first-order valence-electron chi connectivity index (χ1n) is 6.64. The van der Waals surface area contributed by atoms with Crippen molar-refractivity contribution in [3.8, 4) is 0 Å². The standard InChI is InChI=1S/C15H16ClN3S/c1-10-4-3-5-12-14(10)18-13(6-7-16)19(12)11(2)15-17-8-9-20-15/h3-5,8-9,11H,6-7H2,1-2H3. The van der Waals surface area contributed by atoms with Gasteiger partial charge in [0.2, 0.25) is 0 Å². The molecule has 3 aromatic rings. The number of benzene rings is 1.